The summed E-state index contributed by atoms with van der Waals surface area (Å²) in [6.07, 6.45) is -4.12. The summed E-state index contributed by atoms with van der Waals surface area (Å²) in [6.45, 7) is 2.40. The van der Waals surface area contributed by atoms with Crippen molar-refractivity contribution in [1.29, 1.82) is 0 Å². The van der Waals surface area contributed by atoms with Crippen LogP contribution in [-0.2, 0) is 4.74 Å². The van der Waals surface area contributed by atoms with Gasteiger partial charge in [0.1, 0.15) is 0 Å². The van der Waals surface area contributed by atoms with E-state index in [0.29, 0.717) is 0 Å². The number of alkyl halides is 3. The lowest BCUT2D eigenvalue weighted by Gasteiger charge is -2.29. The van der Waals surface area contributed by atoms with E-state index in [2.05, 4.69) is 4.74 Å². The number of halogens is 3. The molecular formula is C7H13F3O. The topological polar surface area (TPSA) is 9.23 Å². The predicted molar refractivity (Wildman–Crippen MR) is 36.3 cm³/mol. The van der Waals surface area contributed by atoms with Gasteiger partial charge in [-0.15, -0.1) is 0 Å². The second-order valence-electron chi connectivity index (χ2n) is 2.84. The first-order valence-electron chi connectivity index (χ1n) is 3.43. The van der Waals surface area contributed by atoms with Crippen molar-refractivity contribution in [3.05, 3.63) is 0 Å². The van der Waals surface area contributed by atoms with Gasteiger partial charge in [0, 0.05) is 7.11 Å². The monoisotopic (exact) mass is 170 g/mol. The highest BCUT2D eigenvalue weighted by Gasteiger charge is 2.49. The van der Waals surface area contributed by atoms with Crippen molar-refractivity contribution >= 4 is 0 Å². The van der Waals surface area contributed by atoms with Gasteiger partial charge in [-0.2, -0.15) is 13.2 Å². The highest BCUT2D eigenvalue weighted by atomic mass is 19.4. The molecule has 0 aliphatic rings. The zero-order valence-electron chi connectivity index (χ0n) is 6.96. The molecule has 0 amide bonds. The molecule has 0 heterocycles. The van der Waals surface area contributed by atoms with Gasteiger partial charge in [-0.3, -0.25) is 0 Å². The molecule has 0 N–H and O–H groups in total. The Morgan fingerprint density at radius 2 is 1.73 bits per heavy atom. The highest BCUT2D eigenvalue weighted by molar-refractivity contribution is 4.80. The molecule has 11 heavy (non-hydrogen) atoms. The van der Waals surface area contributed by atoms with Gasteiger partial charge in [-0.05, 0) is 13.3 Å². The maximum atomic E-state index is 12.2. The molecule has 0 fully saturated rings. The van der Waals surface area contributed by atoms with E-state index in [9.17, 15) is 13.2 Å². The van der Waals surface area contributed by atoms with Crippen LogP contribution in [0.2, 0.25) is 0 Å². The third-order valence-electron chi connectivity index (χ3n) is 1.93. The van der Waals surface area contributed by atoms with E-state index in [0.717, 1.165) is 6.92 Å². The van der Waals surface area contributed by atoms with Crippen LogP contribution in [0.1, 0.15) is 20.3 Å². The second-order valence-corrected chi connectivity index (χ2v) is 2.84. The summed E-state index contributed by atoms with van der Waals surface area (Å²) in [4.78, 5) is 0. The average molecular weight is 170 g/mol. The van der Waals surface area contributed by atoms with E-state index in [-0.39, 0.29) is 13.0 Å². The summed E-state index contributed by atoms with van der Waals surface area (Å²) in [5.74, 6) is 0. The summed E-state index contributed by atoms with van der Waals surface area (Å²) in [5.41, 5.74) is -1.69. The Morgan fingerprint density at radius 3 is 1.82 bits per heavy atom. The van der Waals surface area contributed by atoms with Crippen molar-refractivity contribution in [2.24, 2.45) is 5.41 Å². The average Bonchev–Trinajstić information content (AvgIpc) is 1.86. The molecule has 0 saturated carbocycles. The van der Waals surface area contributed by atoms with Crippen LogP contribution >= 0.6 is 0 Å². The quantitative estimate of drug-likeness (QED) is 0.632. The molecule has 0 aliphatic heterocycles. The molecular weight excluding hydrogens is 157 g/mol. The highest BCUT2D eigenvalue weighted by Crippen LogP contribution is 2.40. The van der Waals surface area contributed by atoms with Crippen LogP contribution in [0, 0.1) is 5.41 Å². The van der Waals surface area contributed by atoms with Crippen LogP contribution in [0.5, 0.6) is 0 Å². The molecule has 0 spiro atoms. The van der Waals surface area contributed by atoms with Crippen molar-refractivity contribution in [2.75, 3.05) is 13.7 Å². The minimum absolute atomic E-state index is 0.0460. The normalized spacial score (nSPS) is 18.0. The van der Waals surface area contributed by atoms with Crippen LogP contribution in [-0.4, -0.2) is 19.9 Å². The van der Waals surface area contributed by atoms with Crippen molar-refractivity contribution in [1.82, 2.24) is 0 Å². The molecule has 1 nitrogen and oxygen atoms in total. The largest absolute Gasteiger partial charge is 0.396 e. The van der Waals surface area contributed by atoms with Gasteiger partial charge in [0.15, 0.2) is 0 Å². The Labute approximate surface area is 64.5 Å². The third-order valence-corrected chi connectivity index (χ3v) is 1.93. The van der Waals surface area contributed by atoms with Crippen LogP contribution in [0.4, 0.5) is 13.2 Å². The number of ether oxygens (including phenoxy) is 1. The van der Waals surface area contributed by atoms with Crippen molar-refractivity contribution < 1.29 is 17.9 Å². The van der Waals surface area contributed by atoms with E-state index < -0.39 is 11.6 Å². The molecule has 1 atom stereocenters. The van der Waals surface area contributed by atoms with Gasteiger partial charge in [0.25, 0.3) is 0 Å². The van der Waals surface area contributed by atoms with Gasteiger partial charge in [0.2, 0.25) is 0 Å². The maximum Gasteiger partial charge on any atom is 0.396 e. The standard InChI is InChI=1S/C7H13F3O/c1-4-6(2,5-11-3)7(8,9)10/h4-5H2,1-3H3. The molecule has 0 aromatic rings. The van der Waals surface area contributed by atoms with Crippen molar-refractivity contribution in [2.45, 2.75) is 26.4 Å². The van der Waals surface area contributed by atoms with Crippen LogP contribution < -0.4 is 0 Å². The summed E-state index contributed by atoms with van der Waals surface area (Å²) in [7, 11) is 1.28. The first-order valence-corrected chi connectivity index (χ1v) is 3.43. The number of hydrogen-bond acceptors (Lipinski definition) is 1. The smallest absolute Gasteiger partial charge is 0.384 e. The molecule has 68 valence electrons. The lowest BCUT2D eigenvalue weighted by atomic mass is 9.88. The minimum atomic E-state index is -4.17. The fourth-order valence-corrected chi connectivity index (χ4v) is 0.703. The van der Waals surface area contributed by atoms with E-state index in [1.165, 1.54) is 14.0 Å². The molecule has 0 bridgehead atoms. The first kappa shape index (κ1) is 10.8. The number of methoxy groups -OCH3 is 1. The Kier molecular flexibility index (Phi) is 3.35. The fraction of sp³-hybridized carbons (Fsp3) is 1.00. The SMILES string of the molecule is CCC(C)(COC)C(F)(F)F. The summed E-state index contributed by atoms with van der Waals surface area (Å²) < 4.78 is 41.1. The Hall–Kier alpha value is -0.250. The molecule has 0 rings (SSSR count). The Bertz CT molecular complexity index is 121. The van der Waals surface area contributed by atoms with Gasteiger partial charge < -0.3 is 4.74 Å². The van der Waals surface area contributed by atoms with Crippen molar-refractivity contribution in [3.8, 4) is 0 Å². The minimum Gasteiger partial charge on any atom is -0.384 e. The van der Waals surface area contributed by atoms with Crippen LogP contribution in [0.15, 0.2) is 0 Å². The zero-order valence-corrected chi connectivity index (χ0v) is 6.96. The molecule has 0 saturated heterocycles. The van der Waals surface area contributed by atoms with Crippen LogP contribution in [0.25, 0.3) is 0 Å². The van der Waals surface area contributed by atoms with Gasteiger partial charge in [-0.1, -0.05) is 6.92 Å². The van der Waals surface area contributed by atoms with Gasteiger partial charge >= 0.3 is 6.18 Å². The maximum absolute atomic E-state index is 12.2. The molecule has 0 aromatic heterocycles. The van der Waals surface area contributed by atoms with E-state index in [4.69, 9.17) is 0 Å². The van der Waals surface area contributed by atoms with Gasteiger partial charge in [0.05, 0.1) is 12.0 Å². The first-order chi connectivity index (χ1) is 4.87. The summed E-state index contributed by atoms with van der Waals surface area (Å²) in [5, 5.41) is 0. The lowest BCUT2D eigenvalue weighted by Crippen LogP contribution is -2.38. The summed E-state index contributed by atoms with van der Waals surface area (Å²) >= 11 is 0. The predicted octanol–water partition coefficient (Wildman–Crippen LogP) is 2.61. The zero-order chi connectivity index (χ0) is 9.12. The van der Waals surface area contributed by atoms with E-state index in [1.807, 2.05) is 0 Å². The van der Waals surface area contributed by atoms with Crippen LogP contribution in [0.3, 0.4) is 0 Å². The van der Waals surface area contributed by atoms with Crippen molar-refractivity contribution in [3.63, 3.8) is 0 Å². The molecule has 0 radical (unpaired) electrons. The number of hydrogen-bond donors (Lipinski definition) is 0. The van der Waals surface area contributed by atoms with Gasteiger partial charge in [-0.25, -0.2) is 0 Å². The Balaban J connectivity index is 4.33. The van der Waals surface area contributed by atoms with E-state index >= 15 is 0 Å². The second kappa shape index (κ2) is 3.43. The van der Waals surface area contributed by atoms with E-state index in [1.54, 1.807) is 0 Å². The summed E-state index contributed by atoms with van der Waals surface area (Å²) in [6, 6.07) is 0. The number of rotatable bonds is 3. The molecule has 1 unspecified atom stereocenters. The molecule has 0 aromatic carbocycles. The Morgan fingerprint density at radius 1 is 1.27 bits per heavy atom. The third kappa shape index (κ3) is 2.36. The molecule has 4 heteroatoms. The fourth-order valence-electron chi connectivity index (χ4n) is 0.703. The lowest BCUT2D eigenvalue weighted by molar-refractivity contribution is -0.232. The molecule has 0 aliphatic carbocycles.